The minimum Gasteiger partial charge on any atom is -0.381 e. The zero-order chi connectivity index (χ0) is 26.3. The van der Waals surface area contributed by atoms with E-state index in [9.17, 15) is 9.59 Å². The molecule has 0 saturated heterocycles. The number of carbonyl (C=O) groups is 2. The van der Waals surface area contributed by atoms with Gasteiger partial charge in [-0.1, -0.05) is 62.2 Å². The monoisotopic (exact) mass is 489 g/mol. The van der Waals surface area contributed by atoms with E-state index in [1.165, 1.54) is 47.2 Å². The minimum atomic E-state index is -0.138. The van der Waals surface area contributed by atoms with Crippen LogP contribution < -0.4 is 22.3 Å². The van der Waals surface area contributed by atoms with Crippen molar-refractivity contribution < 1.29 is 9.59 Å². The summed E-state index contributed by atoms with van der Waals surface area (Å²) in [5.41, 5.74) is 7.95. The van der Waals surface area contributed by atoms with Gasteiger partial charge in [0.05, 0.1) is 0 Å². The molecule has 192 valence electrons. The fourth-order valence-electron chi connectivity index (χ4n) is 3.49. The largest absolute Gasteiger partial charge is 0.381 e. The number of aromatic nitrogens is 1. The van der Waals surface area contributed by atoms with Gasteiger partial charge >= 0.3 is 0 Å². The van der Waals surface area contributed by atoms with Crippen LogP contribution in [0, 0.1) is 6.92 Å². The van der Waals surface area contributed by atoms with E-state index >= 15 is 0 Å². The van der Waals surface area contributed by atoms with Crippen molar-refractivity contribution in [1.29, 1.82) is 0 Å². The summed E-state index contributed by atoms with van der Waals surface area (Å²) in [5, 5.41) is 6.23. The SMILES string of the molecule is C1CC1.C=C(C=O)CCNC(=O)c1cccn1C.Cc1ccc2c(c1)NCc1ccccc1C2.NN. The Morgan fingerprint density at radius 2 is 1.75 bits per heavy atom. The predicted molar refractivity (Wildman–Crippen MR) is 148 cm³/mol. The lowest BCUT2D eigenvalue weighted by molar-refractivity contribution is -0.105. The number of benzene rings is 2. The summed E-state index contributed by atoms with van der Waals surface area (Å²) in [4.78, 5) is 21.8. The number of nitrogens with two attached hydrogens (primary N) is 2. The van der Waals surface area contributed by atoms with Crippen LogP contribution in [0.1, 0.15) is 58.4 Å². The maximum absolute atomic E-state index is 11.5. The highest BCUT2D eigenvalue weighted by Gasteiger charge is 2.11. The Balaban J connectivity index is 0.000000214. The Morgan fingerprint density at radius 3 is 2.36 bits per heavy atom. The predicted octanol–water partition coefficient (Wildman–Crippen LogP) is 4.40. The number of carbonyl (C=O) groups excluding carboxylic acids is 2. The van der Waals surface area contributed by atoms with Crippen LogP contribution in [0.5, 0.6) is 0 Å². The second kappa shape index (κ2) is 15.3. The van der Waals surface area contributed by atoms with Crippen LogP contribution in [0.25, 0.3) is 0 Å². The summed E-state index contributed by atoms with van der Waals surface area (Å²) in [7, 11) is 1.80. The lowest BCUT2D eigenvalue weighted by atomic mass is 10.00. The lowest BCUT2D eigenvalue weighted by Gasteiger charge is -2.07. The van der Waals surface area contributed by atoms with E-state index in [0.717, 1.165) is 13.0 Å². The highest BCUT2D eigenvalue weighted by atomic mass is 16.2. The quantitative estimate of drug-likeness (QED) is 0.184. The number of hydrogen-bond acceptors (Lipinski definition) is 5. The number of aldehydes is 1. The first kappa shape index (κ1) is 28.6. The average Bonchev–Trinajstić information content (AvgIpc) is 3.74. The molecule has 1 fully saturated rings. The molecule has 2 heterocycles. The summed E-state index contributed by atoms with van der Waals surface area (Å²) in [6, 6.07) is 18.9. The van der Waals surface area contributed by atoms with Gasteiger partial charge in [0, 0.05) is 32.0 Å². The average molecular weight is 490 g/mol. The Bertz CT molecular complexity index is 1130. The summed E-state index contributed by atoms with van der Waals surface area (Å²) < 4.78 is 1.74. The Labute approximate surface area is 214 Å². The molecule has 5 rings (SSSR count). The van der Waals surface area contributed by atoms with Crippen molar-refractivity contribution in [3.05, 3.63) is 101 Å². The summed E-state index contributed by atoms with van der Waals surface area (Å²) >= 11 is 0. The molecule has 1 aliphatic carbocycles. The maximum Gasteiger partial charge on any atom is 0.267 e. The fourth-order valence-corrected chi connectivity index (χ4v) is 3.49. The van der Waals surface area contributed by atoms with E-state index in [1.807, 2.05) is 0 Å². The van der Waals surface area contributed by atoms with Crippen molar-refractivity contribution in [2.75, 3.05) is 11.9 Å². The van der Waals surface area contributed by atoms with Crippen LogP contribution in [0.3, 0.4) is 0 Å². The van der Waals surface area contributed by atoms with Gasteiger partial charge in [-0.15, -0.1) is 0 Å². The van der Waals surface area contributed by atoms with E-state index in [0.29, 0.717) is 30.5 Å². The van der Waals surface area contributed by atoms with Crippen LogP contribution in [-0.2, 0) is 24.8 Å². The second-order valence-electron chi connectivity index (χ2n) is 8.81. The lowest BCUT2D eigenvalue weighted by Crippen LogP contribution is -2.26. The molecule has 36 heavy (non-hydrogen) atoms. The molecule has 2 aromatic carbocycles. The molecule has 7 nitrogen and oxygen atoms in total. The molecule has 2 aliphatic rings. The van der Waals surface area contributed by atoms with Crippen LogP contribution in [0.2, 0.25) is 0 Å². The number of hydrazine groups is 1. The molecule has 1 saturated carbocycles. The molecule has 3 aromatic rings. The maximum atomic E-state index is 11.5. The molecule has 6 N–H and O–H groups in total. The first-order valence-electron chi connectivity index (χ1n) is 12.2. The zero-order valence-electron chi connectivity index (χ0n) is 21.4. The van der Waals surface area contributed by atoms with E-state index in [4.69, 9.17) is 0 Å². The third kappa shape index (κ3) is 9.52. The number of hydrogen-bond donors (Lipinski definition) is 4. The van der Waals surface area contributed by atoms with Gasteiger partial charge in [0.2, 0.25) is 0 Å². The number of fused-ring (bicyclic) bond motifs is 2. The molecule has 1 aliphatic heterocycles. The molecular weight excluding hydrogens is 450 g/mol. The van der Waals surface area contributed by atoms with Crippen molar-refractivity contribution in [3.8, 4) is 0 Å². The van der Waals surface area contributed by atoms with Crippen molar-refractivity contribution in [3.63, 3.8) is 0 Å². The number of nitrogens with zero attached hydrogens (tertiary/aromatic N) is 1. The normalized spacial score (nSPS) is 12.1. The molecule has 0 spiro atoms. The van der Waals surface area contributed by atoms with Crippen LogP contribution in [0.15, 0.2) is 72.9 Å². The molecule has 0 unspecified atom stereocenters. The third-order valence-electron chi connectivity index (χ3n) is 5.66. The Morgan fingerprint density at radius 1 is 1.06 bits per heavy atom. The third-order valence-corrected chi connectivity index (χ3v) is 5.66. The fraction of sp³-hybridized carbons (Fsp3) is 0.310. The first-order valence-corrected chi connectivity index (χ1v) is 12.2. The summed E-state index contributed by atoms with van der Waals surface area (Å²) in [6.07, 6.45) is 8.53. The number of rotatable bonds is 5. The van der Waals surface area contributed by atoms with E-state index in [2.05, 4.69) is 78.3 Å². The van der Waals surface area contributed by atoms with Gasteiger partial charge in [0.1, 0.15) is 12.0 Å². The first-order chi connectivity index (χ1) is 17.5. The molecule has 7 heteroatoms. The van der Waals surface area contributed by atoms with Gasteiger partial charge in [-0.3, -0.25) is 21.3 Å². The van der Waals surface area contributed by atoms with Gasteiger partial charge in [0.15, 0.2) is 0 Å². The van der Waals surface area contributed by atoms with Gasteiger partial charge in [0.25, 0.3) is 5.91 Å². The zero-order valence-corrected chi connectivity index (χ0v) is 21.4. The van der Waals surface area contributed by atoms with Gasteiger partial charge in [-0.2, -0.15) is 0 Å². The number of anilines is 1. The van der Waals surface area contributed by atoms with Crippen LogP contribution >= 0.6 is 0 Å². The van der Waals surface area contributed by atoms with Crippen molar-refractivity contribution in [2.24, 2.45) is 18.7 Å². The molecule has 0 radical (unpaired) electrons. The second-order valence-corrected chi connectivity index (χ2v) is 8.81. The molecule has 1 amide bonds. The Kier molecular flexibility index (Phi) is 12.2. The standard InChI is InChI=1S/C15H15N.C11H14N2O2.C3H6.H4N2/c1-11-6-7-13-9-12-4-2-3-5-14(12)10-16-15(13)8-11;1-9(8-14)5-6-12-11(15)10-4-3-7-13(10)2;1-2-3-1;1-2/h2-8,16H,9-10H2,1H3;3-4,7-8H,1,5-6H2,2H3,(H,12,15);1-3H2;1-2H2. The van der Waals surface area contributed by atoms with E-state index in [1.54, 1.807) is 29.9 Å². The van der Waals surface area contributed by atoms with Crippen LogP contribution in [0.4, 0.5) is 5.69 Å². The van der Waals surface area contributed by atoms with Crippen molar-refractivity contribution in [1.82, 2.24) is 9.88 Å². The molecule has 0 atom stereocenters. The molecular formula is C29H39N5O2. The molecule has 1 aromatic heterocycles. The summed E-state index contributed by atoms with van der Waals surface area (Å²) in [6.45, 7) is 7.03. The Hall–Kier alpha value is -3.68. The van der Waals surface area contributed by atoms with E-state index in [-0.39, 0.29) is 5.91 Å². The number of aryl methyl sites for hydroxylation is 2. The van der Waals surface area contributed by atoms with Crippen molar-refractivity contribution in [2.45, 2.75) is 45.6 Å². The smallest absolute Gasteiger partial charge is 0.267 e. The molecule has 0 bridgehead atoms. The van der Waals surface area contributed by atoms with E-state index < -0.39 is 0 Å². The van der Waals surface area contributed by atoms with Gasteiger partial charge in [-0.05, 0) is 65.8 Å². The summed E-state index contributed by atoms with van der Waals surface area (Å²) in [5.74, 6) is 7.86. The van der Waals surface area contributed by atoms with Crippen molar-refractivity contribution >= 4 is 17.9 Å². The van der Waals surface area contributed by atoms with Gasteiger partial charge < -0.3 is 15.2 Å². The van der Waals surface area contributed by atoms with Crippen LogP contribution in [-0.4, -0.2) is 23.3 Å². The van der Waals surface area contributed by atoms with Gasteiger partial charge in [-0.25, -0.2) is 0 Å². The highest BCUT2D eigenvalue weighted by molar-refractivity contribution is 5.92. The number of nitrogens with one attached hydrogen (secondary N) is 2. The topological polar surface area (TPSA) is 115 Å². The minimum absolute atomic E-state index is 0.138. The number of amides is 1. The highest BCUT2D eigenvalue weighted by Crippen LogP contribution is 2.26.